The third kappa shape index (κ3) is 7.17. The smallest absolute Gasteiger partial charge is 0.336 e. The van der Waals surface area contributed by atoms with Gasteiger partial charge in [0.1, 0.15) is 0 Å². The highest BCUT2D eigenvalue weighted by atomic mass is 16.4. The molecule has 0 saturated carbocycles. The summed E-state index contributed by atoms with van der Waals surface area (Å²) in [4.78, 5) is 20.9. The Morgan fingerprint density at radius 1 is 0.789 bits per heavy atom. The summed E-state index contributed by atoms with van der Waals surface area (Å²) in [6.07, 6.45) is 2.58. The molecule has 106 valence electrons. The Hall–Kier alpha value is -1.92. The zero-order chi connectivity index (χ0) is 14.7. The molecule has 0 atom stereocenters. The lowest BCUT2D eigenvalue weighted by molar-refractivity contribution is 0.0651. The summed E-state index contributed by atoms with van der Waals surface area (Å²) < 4.78 is 0. The van der Waals surface area contributed by atoms with E-state index in [1.807, 2.05) is 0 Å². The standard InChI is InChI=1S/C8H6O4.C5H12O2/c9-7(10)5-3-1-2-4-6(5)8(11)12;6-4-2-1-3-5-7/h1-4H,(H,9,10)(H,11,12);6-7H,1-5H2. The van der Waals surface area contributed by atoms with Crippen LogP contribution in [0.1, 0.15) is 40.0 Å². The van der Waals surface area contributed by atoms with Gasteiger partial charge in [-0.2, -0.15) is 0 Å². The van der Waals surface area contributed by atoms with Crippen LogP contribution < -0.4 is 0 Å². The van der Waals surface area contributed by atoms with Crippen molar-refractivity contribution in [2.45, 2.75) is 19.3 Å². The molecule has 6 nitrogen and oxygen atoms in total. The molecular weight excluding hydrogens is 252 g/mol. The Kier molecular flexibility index (Phi) is 9.03. The molecule has 0 radical (unpaired) electrons. The predicted molar refractivity (Wildman–Crippen MR) is 68.4 cm³/mol. The van der Waals surface area contributed by atoms with Crippen LogP contribution in [0.5, 0.6) is 0 Å². The van der Waals surface area contributed by atoms with Crippen molar-refractivity contribution in [1.82, 2.24) is 0 Å². The van der Waals surface area contributed by atoms with Crippen molar-refractivity contribution in [2.24, 2.45) is 0 Å². The minimum absolute atomic E-state index is 0.190. The van der Waals surface area contributed by atoms with Crippen LogP contribution >= 0.6 is 0 Å². The number of rotatable bonds is 6. The number of hydrogen-bond donors (Lipinski definition) is 4. The third-order valence-corrected chi connectivity index (χ3v) is 2.20. The van der Waals surface area contributed by atoms with E-state index in [-0.39, 0.29) is 24.3 Å². The summed E-state index contributed by atoms with van der Waals surface area (Å²) >= 11 is 0. The molecule has 0 aliphatic heterocycles. The average Bonchev–Trinajstić information content (AvgIpc) is 2.40. The van der Waals surface area contributed by atoms with Crippen LogP contribution in [0.25, 0.3) is 0 Å². The number of aromatic carboxylic acids is 2. The number of carbonyl (C=O) groups is 2. The number of unbranched alkanes of at least 4 members (excludes halogenated alkanes) is 2. The van der Waals surface area contributed by atoms with Crippen LogP contribution in [0, 0.1) is 0 Å². The molecule has 0 bridgehead atoms. The Bertz CT molecular complexity index is 365. The first-order chi connectivity index (χ1) is 9.04. The van der Waals surface area contributed by atoms with Crippen LogP contribution in [0.2, 0.25) is 0 Å². The van der Waals surface area contributed by atoms with Crippen molar-refractivity contribution in [2.75, 3.05) is 13.2 Å². The second-order valence-electron chi connectivity index (χ2n) is 3.66. The fourth-order valence-corrected chi connectivity index (χ4v) is 1.26. The Morgan fingerprint density at radius 3 is 1.42 bits per heavy atom. The first-order valence-electron chi connectivity index (χ1n) is 5.82. The van der Waals surface area contributed by atoms with Gasteiger partial charge in [-0.1, -0.05) is 12.1 Å². The van der Waals surface area contributed by atoms with Gasteiger partial charge in [0.15, 0.2) is 0 Å². The van der Waals surface area contributed by atoms with Gasteiger partial charge in [0.2, 0.25) is 0 Å². The highest BCUT2D eigenvalue weighted by Crippen LogP contribution is 2.07. The molecule has 0 fully saturated rings. The van der Waals surface area contributed by atoms with E-state index in [4.69, 9.17) is 20.4 Å². The van der Waals surface area contributed by atoms with Crippen LogP contribution in [0.4, 0.5) is 0 Å². The Labute approximate surface area is 110 Å². The van der Waals surface area contributed by atoms with Crippen LogP contribution in [0.3, 0.4) is 0 Å². The van der Waals surface area contributed by atoms with Gasteiger partial charge in [0.05, 0.1) is 11.1 Å². The van der Waals surface area contributed by atoms with Gasteiger partial charge >= 0.3 is 11.9 Å². The predicted octanol–water partition coefficient (Wildman–Crippen LogP) is 1.22. The topological polar surface area (TPSA) is 115 Å². The number of aliphatic hydroxyl groups is 2. The molecule has 1 aromatic rings. The quantitative estimate of drug-likeness (QED) is 0.578. The molecule has 0 unspecified atom stereocenters. The second kappa shape index (κ2) is 10.0. The molecule has 0 heterocycles. The summed E-state index contributed by atoms with van der Waals surface area (Å²) in [5.41, 5.74) is -0.380. The van der Waals surface area contributed by atoms with Crippen LogP contribution in [-0.2, 0) is 0 Å². The lowest BCUT2D eigenvalue weighted by Crippen LogP contribution is -2.06. The minimum atomic E-state index is -1.23. The molecule has 6 heteroatoms. The number of carboxylic acid groups (broad SMARTS) is 2. The van der Waals surface area contributed by atoms with Gasteiger partial charge in [0, 0.05) is 13.2 Å². The maximum absolute atomic E-state index is 10.5. The molecular formula is C13H18O6. The fraction of sp³-hybridized carbons (Fsp3) is 0.385. The van der Waals surface area contributed by atoms with Gasteiger partial charge in [-0.25, -0.2) is 9.59 Å². The number of hydrogen-bond acceptors (Lipinski definition) is 4. The van der Waals surface area contributed by atoms with Crippen molar-refractivity contribution in [1.29, 1.82) is 0 Å². The molecule has 1 rings (SSSR count). The van der Waals surface area contributed by atoms with E-state index in [1.165, 1.54) is 24.3 Å². The van der Waals surface area contributed by atoms with Gasteiger partial charge in [-0.05, 0) is 31.4 Å². The Morgan fingerprint density at radius 2 is 1.16 bits per heavy atom. The van der Waals surface area contributed by atoms with E-state index in [0.717, 1.165) is 19.3 Å². The van der Waals surface area contributed by atoms with Gasteiger partial charge in [-0.3, -0.25) is 0 Å². The van der Waals surface area contributed by atoms with Gasteiger partial charge < -0.3 is 20.4 Å². The lowest BCUT2D eigenvalue weighted by atomic mass is 10.1. The Balaban J connectivity index is 0.000000399. The lowest BCUT2D eigenvalue weighted by Gasteiger charge is -1.98. The number of benzene rings is 1. The van der Waals surface area contributed by atoms with Crippen molar-refractivity contribution in [3.63, 3.8) is 0 Å². The summed E-state index contributed by atoms with van der Waals surface area (Å²) in [6.45, 7) is 0.500. The first kappa shape index (κ1) is 17.1. The molecule has 0 saturated heterocycles. The molecule has 19 heavy (non-hydrogen) atoms. The van der Waals surface area contributed by atoms with Crippen LogP contribution in [-0.4, -0.2) is 45.6 Å². The molecule has 0 amide bonds. The van der Waals surface area contributed by atoms with Crippen molar-refractivity contribution >= 4 is 11.9 Å². The maximum Gasteiger partial charge on any atom is 0.336 e. The SMILES string of the molecule is O=C(O)c1ccccc1C(=O)O.OCCCCCO. The fourth-order valence-electron chi connectivity index (χ4n) is 1.26. The van der Waals surface area contributed by atoms with Crippen molar-refractivity contribution in [3.05, 3.63) is 35.4 Å². The highest BCUT2D eigenvalue weighted by Gasteiger charge is 2.13. The minimum Gasteiger partial charge on any atom is -0.478 e. The van der Waals surface area contributed by atoms with E-state index in [9.17, 15) is 9.59 Å². The zero-order valence-electron chi connectivity index (χ0n) is 10.5. The van der Waals surface area contributed by atoms with Gasteiger partial charge in [0.25, 0.3) is 0 Å². The molecule has 1 aromatic carbocycles. The summed E-state index contributed by atoms with van der Waals surface area (Å²) in [7, 11) is 0. The molecule has 4 N–H and O–H groups in total. The summed E-state index contributed by atoms with van der Waals surface area (Å²) in [5.74, 6) is -2.46. The number of aliphatic hydroxyl groups excluding tert-OH is 2. The summed E-state index contributed by atoms with van der Waals surface area (Å²) in [5, 5.41) is 33.5. The maximum atomic E-state index is 10.5. The van der Waals surface area contributed by atoms with E-state index >= 15 is 0 Å². The molecule has 0 aliphatic carbocycles. The average molecular weight is 270 g/mol. The van der Waals surface area contributed by atoms with Crippen molar-refractivity contribution in [3.8, 4) is 0 Å². The highest BCUT2D eigenvalue weighted by molar-refractivity contribution is 6.01. The number of carboxylic acids is 2. The molecule has 0 spiro atoms. The molecule has 0 aromatic heterocycles. The third-order valence-electron chi connectivity index (χ3n) is 2.20. The zero-order valence-corrected chi connectivity index (χ0v) is 10.5. The van der Waals surface area contributed by atoms with E-state index in [0.29, 0.717) is 0 Å². The van der Waals surface area contributed by atoms with Crippen molar-refractivity contribution < 1.29 is 30.0 Å². The normalized spacial score (nSPS) is 9.37. The second-order valence-corrected chi connectivity index (χ2v) is 3.66. The molecule has 0 aliphatic rings. The van der Waals surface area contributed by atoms with E-state index < -0.39 is 11.9 Å². The van der Waals surface area contributed by atoms with Crippen LogP contribution in [0.15, 0.2) is 24.3 Å². The van der Waals surface area contributed by atoms with E-state index in [2.05, 4.69) is 0 Å². The van der Waals surface area contributed by atoms with E-state index in [1.54, 1.807) is 0 Å². The first-order valence-corrected chi connectivity index (χ1v) is 5.82. The largest absolute Gasteiger partial charge is 0.478 e. The monoisotopic (exact) mass is 270 g/mol. The summed E-state index contributed by atoms with van der Waals surface area (Å²) in [6, 6.07) is 5.48. The van der Waals surface area contributed by atoms with Gasteiger partial charge in [-0.15, -0.1) is 0 Å².